The monoisotopic (exact) mass is 468 g/mol. The van der Waals surface area contributed by atoms with Gasteiger partial charge in [0.2, 0.25) is 0 Å². The minimum Gasteiger partial charge on any atom is -0.779 e. The molecule has 0 saturated carbocycles. The fourth-order valence-electron chi connectivity index (χ4n) is 2.39. The quantitative estimate of drug-likeness (QED) is 0.221. The van der Waals surface area contributed by atoms with Gasteiger partial charge in [0.15, 0.2) is 0 Å². The van der Waals surface area contributed by atoms with Crippen LogP contribution in [0, 0.1) is 0 Å². The van der Waals surface area contributed by atoms with Gasteiger partial charge in [-0.3, -0.25) is 0 Å². The van der Waals surface area contributed by atoms with E-state index in [9.17, 15) is 0 Å². The molecule has 0 fully saturated rings. The second-order valence-electron chi connectivity index (χ2n) is 5.45. The van der Waals surface area contributed by atoms with E-state index in [1.54, 1.807) is 0 Å². The van der Waals surface area contributed by atoms with Crippen molar-refractivity contribution in [3.8, 4) is 0 Å². The van der Waals surface area contributed by atoms with Crippen molar-refractivity contribution in [2.45, 2.75) is 19.7 Å². The number of benzene rings is 4. The molecule has 0 nitrogen and oxygen atoms in total. The van der Waals surface area contributed by atoms with Crippen molar-refractivity contribution in [2.24, 2.45) is 0 Å². The first kappa shape index (κ1) is 20.0. The third-order valence-corrected chi connectivity index (χ3v) is 4.21. The van der Waals surface area contributed by atoms with Gasteiger partial charge in [0.05, 0.1) is 0 Å². The van der Waals surface area contributed by atoms with Gasteiger partial charge < -0.3 is 25.3 Å². The molecular formula is C22H20S2Sn. The van der Waals surface area contributed by atoms with Crippen molar-refractivity contribution >= 4 is 67.9 Å². The molecule has 0 unspecified atom stereocenters. The summed E-state index contributed by atoms with van der Waals surface area (Å²) in [5, 5.41) is 4.79. The molecular weight excluding hydrogens is 447 g/mol. The smallest absolute Gasteiger partial charge is 0.0199 e. The van der Waals surface area contributed by atoms with E-state index in [0.717, 1.165) is 9.79 Å². The van der Waals surface area contributed by atoms with Crippen molar-refractivity contribution in [2.75, 3.05) is 0 Å². The summed E-state index contributed by atoms with van der Waals surface area (Å²) in [6.07, 6.45) is 0. The topological polar surface area (TPSA) is 0 Å². The fraction of sp³-hybridized carbons (Fsp3) is 0.0909. The number of fused-ring (bicyclic) bond motifs is 2. The summed E-state index contributed by atoms with van der Waals surface area (Å²) in [6, 6.07) is 28.4. The molecule has 0 heterocycles. The van der Waals surface area contributed by atoms with Gasteiger partial charge in [0, 0.05) is 0 Å². The molecule has 0 N–H and O–H groups in total. The Kier molecular flexibility index (Phi) is 8.45. The molecule has 4 rings (SSSR count). The Labute approximate surface area is 171 Å². The minimum absolute atomic E-state index is 0.230. The molecule has 0 atom stereocenters. The van der Waals surface area contributed by atoms with Gasteiger partial charge in [0.1, 0.15) is 0 Å². The standard InChI is InChI=1S/2C10H8S.2CH3.Sn/c2*11-10-7-3-5-8-4-1-2-6-9(8)10;;;/h2*1-7,11H;2*1H3;/q;;;;+2/p-2. The largest absolute Gasteiger partial charge is 0.779 e. The summed E-state index contributed by atoms with van der Waals surface area (Å²) in [4.78, 5) is 6.46. The van der Waals surface area contributed by atoms with Gasteiger partial charge in [-0.2, -0.15) is 9.79 Å². The van der Waals surface area contributed by atoms with Gasteiger partial charge in [-0.05, 0) is 21.5 Å². The summed E-state index contributed by atoms with van der Waals surface area (Å²) >= 11 is 10.5. The summed E-state index contributed by atoms with van der Waals surface area (Å²) < 4.78 is 0. The maximum atomic E-state index is 5.15. The predicted octanol–water partition coefficient (Wildman–Crippen LogP) is 6.28. The van der Waals surface area contributed by atoms with E-state index in [1.165, 1.54) is 21.5 Å². The number of hydrogen-bond donors (Lipinski definition) is 0. The molecule has 124 valence electrons. The zero-order valence-electron chi connectivity index (χ0n) is 14.4. The van der Waals surface area contributed by atoms with E-state index >= 15 is 0 Å². The Balaban J connectivity index is 0.000000156. The van der Waals surface area contributed by atoms with Crippen LogP contribution in [0.25, 0.3) is 21.5 Å². The first-order chi connectivity index (χ1) is 12.2. The molecule has 25 heavy (non-hydrogen) atoms. The van der Waals surface area contributed by atoms with E-state index < -0.39 is 0 Å². The van der Waals surface area contributed by atoms with Crippen LogP contribution in [0.1, 0.15) is 0 Å². The molecule has 0 aromatic heterocycles. The first-order valence-corrected chi connectivity index (χ1v) is 14.6. The maximum Gasteiger partial charge on any atom is -0.0199 e. The predicted molar refractivity (Wildman–Crippen MR) is 117 cm³/mol. The van der Waals surface area contributed by atoms with Crippen molar-refractivity contribution in [1.29, 1.82) is 0 Å². The second-order valence-corrected chi connectivity index (χ2v) is 9.19. The van der Waals surface area contributed by atoms with Gasteiger partial charge in [-0.1, -0.05) is 84.9 Å². The summed E-state index contributed by atoms with van der Waals surface area (Å²) in [7, 11) is 0. The maximum absolute atomic E-state index is 5.15. The molecule has 0 saturated heterocycles. The van der Waals surface area contributed by atoms with Crippen molar-refractivity contribution in [1.82, 2.24) is 0 Å². The van der Waals surface area contributed by atoms with E-state index in [-0.39, 0.29) is 21.1 Å². The fourth-order valence-corrected chi connectivity index (χ4v) is 2.92. The SMILES string of the molecule is [CH3][Sn+2][CH3].[S-]c1cccc2ccccc12.[S-]c1cccc2ccccc12. The minimum atomic E-state index is 0.230. The second kappa shape index (κ2) is 10.6. The number of rotatable bonds is 0. The summed E-state index contributed by atoms with van der Waals surface area (Å²) in [5.41, 5.74) is 0. The molecule has 0 aliphatic rings. The van der Waals surface area contributed by atoms with E-state index in [4.69, 9.17) is 25.3 Å². The van der Waals surface area contributed by atoms with Crippen molar-refractivity contribution in [3.63, 3.8) is 0 Å². The van der Waals surface area contributed by atoms with Crippen LogP contribution >= 0.6 is 0 Å². The Morgan fingerprint density at radius 2 is 0.840 bits per heavy atom. The van der Waals surface area contributed by atoms with E-state index in [0.29, 0.717) is 0 Å². The van der Waals surface area contributed by atoms with Crippen LogP contribution < -0.4 is 0 Å². The van der Waals surface area contributed by atoms with Gasteiger partial charge in [-0.25, -0.2) is 0 Å². The zero-order chi connectivity index (χ0) is 18.1. The third-order valence-electron chi connectivity index (χ3n) is 3.50. The zero-order valence-corrected chi connectivity index (χ0v) is 18.9. The molecule has 0 amide bonds. The average molecular weight is 467 g/mol. The molecule has 0 aliphatic carbocycles. The van der Waals surface area contributed by atoms with E-state index in [1.807, 2.05) is 48.5 Å². The van der Waals surface area contributed by atoms with Crippen LogP contribution in [-0.4, -0.2) is 21.1 Å². The molecule has 4 aromatic rings. The van der Waals surface area contributed by atoms with Gasteiger partial charge in [-0.15, -0.1) is 0 Å². The molecule has 0 bridgehead atoms. The van der Waals surface area contributed by atoms with E-state index in [2.05, 4.69) is 46.3 Å². The average Bonchev–Trinajstić information content (AvgIpc) is 2.64. The first-order valence-electron chi connectivity index (χ1n) is 8.05. The Morgan fingerprint density at radius 3 is 1.20 bits per heavy atom. The van der Waals surface area contributed by atoms with Crippen LogP contribution in [0.3, 0.4) is 0 Å². The Hall–Kier alpha value is -1.36. The van der Waals surface area contributed by atoms with Crippen molar-refractivity contribution < 1.29 is 0 Å². The van der Waals surface area contributed by atoms with Crippen molar-refractivity contribution in [3.05, 3.63) is 84.9 Å². The van der Waals surface area contributed by atoms with Gasteiger partial charge in [0.25, 0.3) is 0 Å². The molecule has 0 spiro atoms. The van der Waals surface area contributed by atoms with Gasteiger partial charge >= 0.3 is 31.0 Å². The van der Waals surface area contributed by atoms with Crippen LogP contribution in [0.15, 0.2) is 94.7 Å². The molecule has 0 radical (unpaired) electrons. The Bertz CT molecular complexity index is 847. The summed E-state index contributed by atoms with van der Waals surface area (Å²) in [5.74, 6) is 0. The van der Waals surface area contributed by atoms with Crippen LogP contribution in [0.2, 0.25) is 9.88 Å². The molecule has 0 aliphatic heterocycles. The normalized spacial score (nSPS) is 9.36. The van der Waals surface area contributed by atoms with Crippen LogP contribution in [0.4, 0.5) is 0 Å². The van der Waals surface area contributed by atoms with Crippen LogP contribution in [-0.2, 0) is 25.3 Å². The molecule has 4 aromatic carbocycles. The Morgan fingerprint density at radius 1 is 0.520 bits per heavy atom. The third kappa shape index (κ3) is 5.84. The van der Waals surface area contributed by atoms with Crippen LogP contribution in [0.5, 0.6) is 0 Å². The summed E-state index contributed by atoms with van der Waals surface area (Å²) in [6.45, 7) is 0. The number of hydrogen-bond acceptors (Lipinski definition) is 2. The molecule has 3 heteroatoms.